The van der Waals surface area contributed by atoms with Gasteiger partial charge in [0.1, 0.15) is 0 Å². The van der Waals surface area contributed by atoms with Crippen molar-refractivity contribution < 1.29 is 4.79 Å². The van der Waals surface area contributed by atoms with Gasteiger partial charge in [0.15, 0.2) is 0 Å². The summed E-state index contributed by atoms with van der Waals surface area (Å²) in [6, 6.07) is 8.17. The Hall–Kier alpha value is -0.830. The number of rotatable bonds is 4. The van der Waals surface area contributed by atoms with E-state index < -0.39 is 0 Å². The summed E-state index contributed by atoms with van der Waals surface area (Å²) in [5.41, 5.74) is 2.38. The molecule has 0 aliphatic heterocycles. The molecule has 88 valence electrons. The summed E-state index contributed by atoms with van der Waals surface area (Å²) in [4.78, 5) is 11.6. The number of hydrogen-bond donors (Lipinski definition) is 1. The van der Waals surface area contributed by atoms with Gasteiger partial charge in [-0.25, -0.2) is 0 Å². The lowest BCUT2D eigenvalue weighted by Gasteiger charge is -2.18. The van der Waals surface area contributed by atoms with E-state index in [2.05, 4.69) is 40.3 Å². The standard InChI is InChI=1S/C13H18BrNO/c1-4-12(14)13(16)15-10(3)11-8-6-5-7-9(11)2/h5-8,10,12H,4H2,1-3H3,(H,15,16)/t10-,12-/m1/s1. The number of amides is 1. The minimum absolute atomic E-state index is 0.0539. The molecule has 2 nitrogen and oxygen atoms in total. The predicted octanol–water partition coefficient (Wildman–Crippen LogP) is 3.35. The van der Waals surface area contributed by atoms with Crippen molar-refractivity contribution in [2.45, 2.75) is 38.1 Å². The lowest BCUT2D eigenvalue weighted by Crippen LogP contribution is -2.33. The van der Waals surface area contributed by atoms with Gasteiger partial charge in [-0.3, -0.25) is 4.79 Å². The highest BCUT2D eigenvalue weighted by molar-refractivity contribution is 9.10. The fourth-order valence-corrected chi connectivity index (χ4v) is 1.77. The van der Waals surface area contributed by atoms with Crippen molar-refractivity contribution in [2.24, 2.45) is 0 Å². The predicted molar refractivity (Wildman–Crippen MR) is 70.7 cm³/mol. The van der Waals surface area contributed by atoms with E-state index in [0.717, 1.165) is 6.42 Å². The maximum Gasteiger partial charge on any atom is 0.234 e. The zero-order valence-electron chi connectivity index (χ0n) is 9.96. The van der Waals surface area contributed by atoms with E-state index in [0.29, 0.717) is 0 Å². The van der Waals surface area contributed by atoms with Crippen LogP contribution in [0.5, 0.6) is 0 Å². The van der Waals surface area contributed by atoms with Gasteiger partial charge < -0.3 is 5.32 Å². The average Bonchev–Trinajstić information content (AvgIpc) is 2.28. The van der Waals surface area contributed by atoms with Crippen LogP contribution in [0.1, 0.15) is 37.4 Å². The second-order valence-electron chi connectivity index (χ2n) is 3.96. The van der Waals surface area contributed by atoms with E-state index in [1.165, 1.54) is 11.1 Å². The first-order valence-electron chi connectivity index (χ1n) is 5.56. The zero-order chi connectivity index (χ0) is 12.1. The van der Waals surface area contributed by atoms with Gasteiger partial charge in [0.25, 0.3) is 0 Å². The van der Waals surface area contributed by atoms with Crippen LogP contribution in [0.3, 0.4) is 0 Å². The number of halogens is 1. The highest BCUT2D eigenvalue weighted by atomic mass is 79.9. The number of alkyl halides is 1. The molecule has 0 aliphatic rings. The summed E-state index contributed by atoms with van der Waals surface area (Å²) in [6.45, 7) is 6.05. The third kappa shape index (κ3) is 3.34. The second-order valence-corrected chi connectivity index (χ2v) is 5.07. The molecule has 0 heterocycles. The van der Waals surface area contributed by atoms with Crippen LogP contribution < -0.4 is 5.32 Å². The van der Waals surface area contributed by atoms with E-state index in [1.807, 2.05) is 26.0 Å². The van der Waals surface area contributed by atoms with Crippen molar-refractivity contribution in [3.63, 3.8) is 0 Å². The first kappa shape index (κ1) is 13.2. The Bertz CT molecular complexity index is 365. The third-order valence-corrected chi connectivity index (χ3v) is 3.72. The number of aryl methyl sites for hydroxylation is 1. The molecular formula is C13H18BrNO. The van der Waals surface area contributed by atoms with Crippen molar-refractivity contribution in [1.29, 1.82) is 0 Å². The van der Waals surface area contributed by atoms with Crippen molar-refractivity contribution in [3.05, 3.63) is 35.4 Å². The molecule has 2 atom stereocenters. The summed E-state index contributed by atoms with van der Waals surface area (Å²) in [6.07, 6.45) is 0.798. The molecule has 0 saturated carbocycles. The lowest BCUT2D eigenvalue weighted by atomic mass is 10.0. The summed E-state index contributed by atoms with van der Waals surface area (Å²) in [7, 11) is 0. The Balaban J connectivity index is 2.69. The highest BCUT2D eigenvalue weighted by Gasteiger charge is 2.16. The van der Waals surface area contributed by atoms with Crippen LogP contribution >= 0.6 is 15.9 Å². The molecule has 16 heavy (non-hydrogen) atoms. The fraction of sp³-hybridized carbons (Fsp3) is 0.462. The topological polar surface area (TPSA) is 29.1 Å². The summed E-state index contributed by atoms with van der Waals surface area (Å²) in [5.74, 6) is 0.0539. The van der Waals surface area contributed by atoms with Gasteiger partial charge in [-0.15, -0.1) is 0 Å². The van der Waals surface area contributed by atoms with Crippen molar-refractivity contribution in [2.75, 3.05) is 0 Å². The number of carbonyl (C=O) groups is 1. The highest BCUT2D eigenvalue weighted by Crippen LogP contribution is 2.17. The summed E-state index contributed by atoms with van der Waals surface area (Å²) >= 11 is 3.35. The Labute approximate surface area is 106 Å². The van der Waals surface area contributed by atoms with Crippen molar-refractivity contribution in [1.82, 2.24) is 5.32 Å². The maximum atomic E-state index is 11.7. The molecule has 0 aromatic heterocycles. The van der Waals surface area contributed by atoms with E-state index >= 15 is 0 Å². The molecule has 0 spiro atoms. The monoisotopic (exact) mass is 283 g/mol. The molecular weight excluding hydrogens is 266 g/mol. The lowest BCUT2D eigenvalue weighted by molar-refractivity contribution is -0.121. The Morgan fingerprint density at radius 3 is 2.62 bits per heavy atom. The smallest absolute Gasteiger partial charge is 0.234 e. The Morgan fingerprint density at radius 2 is 2.06 bits per heavy atom. The number of nitrogens with one attached hydrogen (secondary N) is 1. The van der Waals surface area contributed by atoms with Crippen molar-refractivity contribution in [3.8, 4) is 0 Å². The minimum atomic E-state index is -0.0982. The first-order chi connectivity index (χ1) is 7.56. The second kappa shape index (κ2) is 6.04. The molecule has 1 aromatic rings. The molecule has 1 aromatic carbocycles. The normalized spacial score (nSPS) is 14.2. The maximum absolute atomic E-state index is 11.7. The van der Waals surface area contributed by atoms with Crippen molar-refractivity contribution >= 4 is 21.8 Å². The van der Waals surface area contributed by atoms with E-state index in [9.17, 15) is 4.79 Å². The van der Waals surface area contributed by atoms with E-state index in [1.54, 1.807) is 0 Å². The van der Waals surface area contributed by atoms with Gasteiger partial charge >= 0.3 is 0 Å². The van der Waals surface area contributed by atoms with Crippen LogP contribution in [0.15, 0.2) is 24.3 Å². The fourth-order valence-electron chi connectivity index (χ4n) is 1.64. The quantitative estimate of drug-likeness (QED) is 0.844. The zero-order valence-corrected chi connectivity index (χ0v) is 11.5. The number of benzene rings is 1. The van der Waals surface area contributed by atoms with Crippen LogP contribution in [0, 0.1) is 6.92 Å². The molecule has 0 aliphatic carbocycles. The molecule has 0 unspecified atom stereocenters. The van der Waals surface area contributed by atoms with Crippen LogP contribution in [-0.4, -0.2) is 10.7 Å². The summed E-state index contributed by atoms with van der Waals surface area (Å²) in [5, 5.41) is 3.00. The molecule has 0 saturated heterocycles. The number of carbonyl (C=O) groups excluding carboxylic acids is 1. The molecule has 0 bridgehead atoms. The van der Waals surface area contributed by atoms with E-state index in [4.69, 9.17) is 0 Å². The van der Waals surface area contributed by atoms with E-state index in [-0.39, 0.29) is 16.8 Å². The van der Waals surface area contributed by atoms with Gasteiger partial charge in [0.2, 0.25) is 5.91 Å². The van der Waals surface area contributed by atoms with Crippen LogP contribution in [0.4, 0.5) is 0 Å². The van der Waals surface area contributed by atoms with Gasteiger partial charge in [0, 0.05) is 0 Å². The third-order valence-electron chi connectivity index (χ3n) is 2.66. The summed E-state index contributed by atoms with van der Waals surface area (Å²) < 4.78 is 0. The van der Waals surface area contributed by atoms with Crippen LogP contribution in [-0.2, 0) is 4.79 Å². The molecule has 1 N–H and O–H groups in total. The molecule has 0 fully saturated rings. The molecule has 3 heteroatoms. The Morgan fingerprint density at radius 1 is 1.44 bits per heavy atom. The van der Waals surface area contributed by atoms with Gasteiger partial charge in [0.05, 0.1) is 10.9 Å². The minimum Gasteiger partial charge on any atom is -0.349 e. The van der Waals surface area contributed by atoms with Gasteiger partial charge in [-0.1, -0.05) is 47.1 Å². The molecule has 1 amide bonds. The first-order valence-corrected chi connectivity index (χ1v) is 6.47. The van der Waals surface area contributed by atoms with Crippen LogP contribution in [0.25, 0.3) is 0 Å². The largest absolute Gasteiger partial charge is 0.349 e. The molecule has 0 radical (unpaired) electrons. The average molecular weight is 284 g/mol. The van der Waals surface area contributed by atoms with Gasteiger partial charge in [-0.05, 0) is 31.4 Å². The van der Waals surface area contributed by atoms with Gasteiger partial charge in [-0.2, -0.15) is 0 Å². The molecule has 1 rings (SSSR count). The SMILES string of the molecule is CC[C@@H](Br)C(=O)N[C@H](C)c1ccccc1C. The Kier molecular flexibility index (Phi) is 5.00. The number of hydrogen-bond acceptors (Lipinski definition) is 1. The van der Waals surface area contributed by atoms with Crippen LogP contribution in [0.2, 0.25) is 0 Å².